The minimum absolute atomic E-state index is 0.0743. The van der Waals surface area contributed by atoms with Gasteiger partial charge in [-0.15, -0.1) is 0 Å². The van der Waals surface area contributed by atoms with Crippen molar-refractivity contribution in [2.75, 3.05) is 0 Å². The molecule has 112 valence electrons. The van der Waals surface area contributed by atoms with Crippen LogP contribution in [0.5, 0.6) is 0 Å². The summed E-state index contributed by atoms with van der Waals surface area (Å²) in [4.78, 5) is 26.5. The highest BCUT2D eigenvalue weighted by molar-refractivity contribution is 6.25. The molecule has 0 aromatic heterocycles. The maximum Gasteiger partial charge on any atom is 0.261 e. The van der Waals surface area contributed by atoms with Crippen LogP contribution in [0.15, 0.2) is 60.7 Å². The Kier molecular flexibility index (Phi) is 2.98. The molecule has 3 aromatic carbocycles. The molecule has 1 aliphatic rings. The van der Waals surface area contributed by atoms with Crippen molar-refractivity contribution < 1.29 is 14.0 Å². The predicted octanol–water partition coefficient (Wildman–Crippen LogP) is 3.78. The second-order valence-electron chi connectivity index (χ2n) is 5.50. The van der Waals surface area contributed by atoms with E-state index in [1.807, 2.05) is 12.1 Å². The zero-order chi connectivity index (χ0) is 16.0. The molecular weight excluding hydrogens is 293 g/mol. The van der Waals surface area contributed by atoms with Crippen molar-refractivity contribution >= 4 is 22.6 Å². The zero-order valence-corrected chi connectivity index (χ0v) is 12.1. The van der Waals surface area contributed by atoms with Crippen LogP contribution in [0, 0.1) is 5.82 Å². The van der Waals surface area contributed by atoms with E-state index in [4.69, 9.17) is 0 Å². The van der Waals surface area contributed by atoms with Crippen molar-refractivity contribution in [3.63, 3.8) is 0 Å². The molecule has 4 rings (SSSR count). The molecular formula is C19H12FNO2. The van der Waals surface area contributed by atoms with Crippen molar-refractivity contribution in [3.05, 3.63) is 83.2 Å². The van der Waals surface area contributed by atoms with Crippen molar-refractivity contribution in [2.24, 2.45) is 0 Å². The van der Waals surface area contributed by atoms with Gasteiger partial charge in [-0.05, 0) is 23.6 Å². The number of amides is 2. The fraction of sp³-hybridized carbons (Fsp3) is 0.0526. The van der Waals surface area contributed by atoms with Gasteiger partial charge in [0.1, 0.15) is 5.82 Å². The molecule has 4 heteroatoms. The second kappa shape index (κ2) is 5.02. The van der Waals surface area contributed by atoms with Gasteiger partial charge in [-0.3, -0.25) is 14.5 Å². The van der Waals surface area contributed by atoms with Crippen LogP contribution in [0.4, 0.5) is 4.39 Å². The maximum absolute atomic E-state index is 13.9. The lowest BCUT2D eigenvalue weighted by Gasteiger charge is -2.27. The van der Waals surface area contributed by atoms with Gasteiger partial charge in [-0.25, -0.2) is 4.39 Å². The van der Waals surface area contributed by atoms with Crippen molar-refractivity contribution in [1.82, 2.24) is 4.90 Å². The maximum atomic E-state index is 13.9. The van der Waals surface area contributed by atoms with E-state index in [1.54, 1.807) is 42.5 Å². The van der Waals surface area contributed by atoms with Crippen LogP contribution in [0.3, 0.4) is 0 Å². The first-order valence-electron chi connectivity index (χ1n) is 7.28. The Balaban J connectivity index is 1.85. The molecule has 3 aromatic rings. The van der Waals surface area contributed by atoms with E-state index in [0.29, 0.717) is 22.1 Å². The average Bonchev–Trinajstić information content (AvgIpc) is 2.58. The standard InChI is InChI=1S/C19H12FNO2/c20-16-10-2-1-5-13(16)11-21-18(22)14-8-3-6-12-7-4-9-15(17(12)14)19(21)23/h1-10H,11H2. The van der Waals surface area contributed by atoms with E-state index in [2.05, 4.69) is 0 Å². The number of rotatable bonds is 2. The van der Waals surface area contributed by atoms with E-state index < -0.39 is 5.82 Å². The third-order valence-electron chi connectivity index (χ3n) is 4.14. The van der Waals surface area contributed by atoms with Crippen LogP contribution in [0.1, 0.15) is 26.3 Å². The highest BCUT2D eigenvalue weighted by Crippen LogP contribution is 2.30. The normalized spacial score (nSPS) is 13.7. The second-order valence-corrected chi connectivity index (χ2v) is 5.50. The Bertz CT molecular complexity index is 914. The quantitative estimate of drug-likeness (QED) is 0.676. The number of hydrogen-bond donors (Lipinski definition) is 0. The van der Waals surface area contributed by atoms with Crippen molar-refractivity contribution in [2.45, 2.75) is 6.54 Å². The van der Waals surface area contributed by atoms with E-state index in [0.717, 1.165) is 10.3 Å². The molecule has 1 heterocycles. The Labute approximate surface area is 132 Å². The number of benzene rings is 3. The molecule has 0 N–H and O–H groups in total. The molecule has 0 aliphatic carbocycles. The third-order valence-corrected chi connectivity index (χ3v) is 4.14. The first-order valence-corrected chi connectivity index (χ1v) is 7.28. The summed E-state index contributed by atoms with van der Waals surface area (Å²) in [6.07, 6.45) is 0. The summed E-state index contributed by atoms with van der Waals surface area (Å²) in [7, 11) is 0. The SMILES string of the molecule is O=C1c2cccc3cccc(c23)C(=O)N1Cc1ccccc1F. The molecule has 3 nitrogen and oxygen atoms in total. The minimum atomic E-state index is -0.426. The predicted molar refractivity (Wildman–Crippen MR) is 84.6 cm³/mol. The summed E-state index contributed by atoms with van der Waals surface area (Å²) >= 11 is 0. The number of carbonyl (C=O) groups is 2. The van der Waals surface area contributed by atoms with Gasteiger partial charge in [0.25, 0.3) is 11.8 Å². The van der Waals surface area contributed by atoms with Crippen LogP contribution >= 0.6 is 0 Å². The molecule has 0 saturated heterocycles. The molecule has 0 unspecified atom stereocenters. The van der Waals surface area contributed by atoms with Crippen molar-refractivity contribution in [1.29, 1.82) is 0 Å². The summed E-state index contributed by atoms with van der Waals surface area (Å²) in [6, 6.07) is 16.9. The molecule has 0 saturated carbocycles. The zero-order valence-electron chi connectivity index (χ0n) is 12.1. The van der Waals surface area contributed by atoms with E-state index in [9.17, 15) is 14.0 Å². The van der Waals surface area contributed by atoms with Gasteiger partial charge in [0.2, 0.25) is 0 Å². The van der Waals surface area contributed by atoms with Crippen molar-refractivity contribution in [3.8, 4) is 0 Å². The highest BCUT2D eigenvalue weighted by atomic mass is 19.1. The number of imide groups is 1. The Morgan fingerprint density at radius 3 is 2.00 bits per heavy atom. The topological polar surface area (TPSA) is 37.4 Å². The fourth-order valence-corrected chi connectivity index (χ4v) is 3.02. The molecule has 1 aliphatic heterocycles. The lowest BCUT2D eigenvalue weighted by molar-refractivity contribution is 0.0597. The number of halogens is 1. The molecule has 0 radical (unpaired) electrons. The highest BCUT2D eigenvalue weighted by Gasteiger charge is 2.32. The average molecular weight is 305 g/mol. The van der Waals surface area contributed by atoms with Crippen LogP contribution in [-0.4, -0.2) is 16.7 Å². The first-order chi connectivity index (χ1) is 11.2. The first kappa shape index (κ1) is 13.6. The largest absolute Gasteiger partial charge is 0.270 e. The van der Waals surface area contributed by atoms with Gasteiger partial charge in [0, 0.05) is 22.1 Å². The molecule has 0 fully saturated rings. The van der Waals surface area contributed by atoms with Gasteiger partial charge >= 0.3 is 0 Å². The number of carbonyl (C=O) groups excluding carboxylic acids is 2. The summed E-state index contributed by atoms with van der Waals surface area (Å²) in [5.41, 5.74) is 1.28. The van der Waals surface area contributed by atoms with Crippen LogP contribution < -0.4 is 0 Å². The monoisotopic (exact) mass is 305 g/mol. The summed E-state index contributed by atoms with van der Waals surface area (Å²) in [5.74, 6) is -1.20. The molecule has 0 bridgehead atoms. The number of nitrogens with zero attached hydrogens (tertiary/aromatic N) is 1. The minimum Gasteiger partial charge on any atom is -0.270 e. The van der Waals surface area contributed by atoms with Gasteiger partial charge in [-0.2, -0.15) is 0 Å². The summed E-state index contributed by atoms with van der Waals surface area (Å²) < 4.78 is 13.9. The summed E-state index contributed by atoms with van der Waals surface area (Å²) in [5, 5.41) is 1.53. The summed E-state index contributed by atoms with van der Waals surface area (Å²) in [6.45, 7) is -0.0743. The van der Waals surface area contributed by atoms with Gasteiger partial charge in [-0.1, -0.05) is 42.5 Å². The van der Waals surface area contributed by atoms with Gasteiger partial charge in [0.05, 0.1) is 6.54 Å². The molecule has 2 amide bonds. The van der Waals surface area contributed by atoms with Gasteiger partial charge < -0.3 is 0 Å². The van der Waals surface area contributed by atoms with Crippen LogP contribution in [-0.2, 0) is 6.54 Å². The smallest absolute Gasteiger partial charge is 0.261 e. The Morgan fingerprint density at radius 1 is 0.783 bits per heavy atom. The van der Waals surface area contributed by atoms with Gasteiger partial charge in [0.15, 0.2) is 0 Å². The molecule has 0 spiro atoms. The third kappa shape index (κ3) is 2.03. The van der Waals surface area contributed by atoms with Crippen LogP contribution in [0.2, 0.25) is 0 Å². The fourth-order valence-electron chi connectivity index (χ4n) is 3.02. The Morgan fingerprint density at radius 2 is 1.39 bits per heavy atom. The molecule has 0 atom stereocenters. The number of hydrogen-bond acceptors (Lipinski definition) is 2. The lowest BCUT2D eigenvalue weighted by atomic mass is 9.94. The van der Waals surface area contributed by atoms with E-state index in [1.165, 1.54) is 6.07 Å². The van der Waals surface area contributed by atoms with E-state index >= 15 is 0 Å². The molecule has 23 heavy (non-hydrogen) atoms. The van der Waals surface area contributed by atoms with Crippen LogP contribution in [0.25, 0.3) is 10.8 Å². The lowest BCUT2D eigenvalue weighted by Crippen LogP contribution is -2.39. The van der Waals surface area contributed by atoms with E-state index in [-0.39, 0.29) is 18.4 Å². The Hall–Kier alpha value is -3.01.